The second kappa shape index (κ2) is 3.11. The van der Waals surface area contributed by atoms with E-state index in [-0.39, 0.29) is 17.6 Å². The van der Waals surface area contributed by atoms with Crippen molar-refractivity contribution in [2.24, 2.45) is 5.92 Å². The molecule has 1 fully saturated rings. The summed E-state index contributed by atoms with van der Waals surface area (Å²) in [5.41, 5.74) is -0.270. The highest BCUT2D eigenvalue weighted by Crippen LogP contribution is 2.31. The zero-order chi connectivity index (χ0) is 8.48. The van der Waals surface area contributed by atoms with Crippen molar-refractivity contribution in [3.8, 4) is 0 Å². The molecule has 0 spiro atoms. The SMILES string of the molecule is CC(C)C(O)C1(C)CCCO1. The molecule has 2 nitrogen and oxygen atoms in total. The van der Waals surface area contributed by atoms with Gasteiger partial charge in [-0.3, -0.25) is 0 Å². The summed E-state index contributed by atoms with van der Waals surface area (Å²) in [6, 6.07) is 0. The molecular formula is C9H18O2. The fourth-order valence-corrected chi connectivity index (χ4v) is 1.74. The third-order valence-corrected chi connectivity index (χ3v) is 2.51. The molecular weight excluding hydrogens is 140 g/mol. The lowest BCUT2D eigenvalue weighted by molar-refractivity contribution is -0.0954. The van der Waals surface area contributed by atoms with Crippen LogP contribution < -0.4 is 0 Å². The maximum absolute atomic E-state index is 9.76. The van der Waals surface area contributed by atoms with Gasteiger partial charge in [0.2, 0.25) is 0 Å². The summed E-state index contributed by atoms with van der Waals surface area (Å²) in [6.45, 7) is 6.86. The van der Waals surface area contributed by atoms with Gasteiger partial charge < -0.3 is 9.84 Å². The number of aliphatic hydroxyl groups excluding tert-OH is 1. The van der Waals surface area contributed by atoms with Gasteiger partial charge in [0.15, 0.2) is 0 Å². The molecule has 2 atom stereocenters. The summed E-state index contributed by atoms with van der Waals surface area (Å²) < 4.78 is 5.51. The molecule has 11 heavy (non-hydrogen) atoms. The minimum absolute atomic E-state index is 0.270. The van der Waals surface area contributed by atoms with E-state index in [2.05, 4.69) is 0 Å². The Bertz CT molecular complexity index is 126. The summed E-state index contributed by atoms with van der Waals surface area (Å²) in [7, 11) is 0. The van der Waals surface area contributed by atoms with E-state index in [0.29, 0.717) is 0 Å². The highest BCUT2D eigenvalue weighted by Gasteiger charge is 2.38. The number of ether oxygens (including phenoxy) is 1. The van der Waals surface area contributed by atoms with E-state index in [4.69, 9.17) is 4.74 Å². The number of hydrogen-bond donors (Lipinski definition) is 1. The fraction of sp³-hybridized carbons (Fsp3) is 1.00. The minimum Gasteiger partial charge on any atom is -0.390 e. The van der Waals surface area contributed by atoms with Gasteiger partial charge in [0.25, 0.3) is 0 Å². The van der Waals surface area contributed by atoms with Gasteiger partial charge in [-0.1, -0.05) is 13.8 Å². The Kier molecular flexibility index (Phi) is 2.55. The van der Waals surface area contributed by atoms with Crippen molar-refractivity contribution in [2.75, 3.05) is 6.61 Å². The van der Waals surface area contributed by atoms with Crippen molar-refractivity contribution in [2.45, 2.75) is 45.3 Å². The van der Waals surface area contributed by atoms with Crippen molar-refractivity contribution in [1.29, 1.82) is 0 Å². The molecule has 0 aromatic carbocycles. The Hall–Kier alpha value is -0.0800. The fourth-order valence-electron chi connectivity index (χ4n) is 1.74. The normalized spacial score (nSPS) is 34.6. The molecule has 1 rings (SSSR count). The third-order valence-electron chi connectivity index (χ3n) is 2.51. The monoisotopic (exact) mass is 158 g/mol. The summed E-state index contributed by atoms with van der Waals surface area (Å²) in [5.74, 6) is 0.290. The number of hydrogen-bond acceptors (Lipinski definition) is 2. The molecule has 1 aliphatic heterocycles. The van der Waals surface area contributed by atoms with Crippen LogP contribution in [0, 0.1) is 5.92 Å². The van der Waals surface area contributed by atoms with Gasteiger partial charge in [0.05, 0.1) is 11.7 Å². The first-order valence-corrected chi connectivity index (χ1v) is 4.38. The zero-order valence-electron chi connectivity index (χ0n) is 7.63. The zero-order valence-corrected chi connectivity index (χ0v) is 7.63. The van der Waals surface area contributed by atoms with E-state index in [1.54, 1.807) is 0 Å². The van der Waals surface area contributed by atoms with Gasteiger partial charge in [0.1, 0.15) is 0 Å². The third kappa shape index (κ3) is 1.74. The Balaban J connectivity index is 2.56. The molecule has 1 aliphatic rings. The molecule has 2 heteroatoms. The Labute approximate surface area is 68.6 Å². The molecule has 1 N–H and O–H groups in total. The van der Waals surface area contributed by atoms with Crippen molar-refractivity contribution in [3.05, 3.63) is 0 Å². The van der Waals surface area contributed by atoms with Crippen LogP contribution in [-0.2, 0) is 4.74 Å². The molecule has 0 aromatic rings. The van der Waals surface area contributed by atoms with Crippen LogP contribution in [0.15, 0.2) is 0 Å². The topological polar surface area (TPSA) is 29.5 Å². The molecule has 0 aliphatic carbocycles. The Morgan fingerprint density at radius 1 is 1.45 bits per heavy atom. The first-order chi connectivity index (χ1) is 5.06. The van der Waals surface area contributed by atoms with Crippen LogP contribution in [0.5, 0.6) is 0 Å². The van der Waals surface area contributed by atoms with E-state index in [1.165, 1.54) is 0 Å². The maximum Gasteiger partial charge on any atom is 0.0915 e. The van der Waals surface area contributed by atoms with Crippen molar-refractivity contribution < 1.29 is 9.84 Å². The molecule has 2 unspecified atom stereocenters. The van der Waals surface area contributed by atoms with Gasteiger partial charge >= 0.3 is 0 Å². The summed E-state index contributed by atoms with van der Waals surface area (Å²) in [4.78, 5) is 0. The van der Waals surface area contributed by atoms with Crippen molar-refractivity contribution >= 4 is 0 Å². The van der Waals surface area contributed by atoms with Crippen LogP contribution in [-0.4, -0.2) is 23.4 Å². The van der Waals surface area contributed by atoms with E-state index in [1.807, 2.05) is 20.8 Å². The van der Waals surface area contributed by atoms with E-state index in [0.717, 1.165) is 19.4 Å². The molecule has 66 valence electrons. The van der Waals surface area contributed by atoms with Gasteiger partial charge in [0, 0.05) is 6.61 Å². The van der Waals surface area contributed by atoms with Crippen LogP contribution >= 0.6 is 0 Å². The standard InChI is InChI=1S/C9H18O2/c1-7(2)8(10)9(3)5-4-6-11-9/h7-8,10H,4-6H2,1-3H3. The van der Waals surface area contributed by atoms with Gasteiger partial charge in [-0.2, -0.15) is 0 Å². The lowest BCUT2D eigenvalue weighted by Crippen LogP contribution is -2.41. The van der Waals surface area contributed by atoms with E-state index < -0.39 is 0 Å². The van der Waals surface area contributed by atoms with Crippen LogP contribution in [0.3, 0.4) is 0 Å². The van der Waals surface area contributed by atoms with Crippen molar-refractivity contribution in [3.63, 3.8) is 0 Å². The first-order valence-electron chi connectivity index (χ1n) is 4.38. The summed E-state index contributed by atoms with van der Waals surface area (Å²) in [6.07, 6.45) is 1.76. The Morgan fingerprint density at radius 2 is 2.09 bits per heavy atom. The van der Waals surface area contributed by atoms with Crippen LogP contribution in [0.25, 0.3) is 0 Å². The molecule has 1 heterocycles. The highest BCUT2D eigenvalue weighted by molar-refractivity contribution is 4.88. The molecule has 0 amide bonds. The lowest BCUT2D eigenvalue weighted by atomic mass is 9.88. The smallest absolute Gasteiger partial charge is 0.0915 e. The van der Waals surface area contributed by atoms with E-state index in [9.17, 15) is 5.11 Å². The van der Waals surface area contributed by atoms with Gasteiger partial charge in [-0.15, -0.1) is 0 Å². The lowest BCUT2D eigenvalue weighted by Gasteiger charge is -2.31. The number of aliphatic hydroxyl groups is 1. The average molecular weight is 158 g/mol. The quantitative estimate of drug-likeness (QED) is 0.661. The molecule has 1 saturated heterocycles. The first kappa shape index (κ1) is 9.01. The highest BCUT2D eigenvalue weighted by atomic mass is 16.5. The minimum atomic E-state index is -0.315. The van der Waals surface area contributed by atoms with Gasteiger partial charge in [-0.05, 0) is 25.7 Å². The maximum atomic E-state index is 9.76. The predicted octanol–water partition coefficient (Wildman–Crippen LogP) is 1.57. The molecule has 0 aromatic heterocycles. The van der Waals surface area contributed by atoms with Gasteiger partial charge in [-0.25, -0.2) is 0 Å². The predicted molar refractivity (Wildman–Crippen MR) is 44.4 cm³/mol. The second-order valence-corrected chi connectivity index (χ2v) is 3.95. The number of rotatable bonds is 2. The molecule has 0 radical (unpaired) electrons. The largest absolute Gasteiger partial charge is 0.390 e. The van der Waals surface area contributed by atoms with Crippen molar-refractivity contribution in [1.82, 2.24) is 0 Å². The molecule has 0 bridgehead atoms. The Morgan fingerprint density at radius 3 is 2.45 bits per heavy atom. The summed E-state index contributed by atoms with van der Waals surface area (Å²) in [5, 5.41) is 9.76. The van der Waals surface area contributed by atoms with E-state index >= 15 is 0 Å². The average Bonchev–Trinajstić information content (AvgIpc) is 2.35. The van der Waals surface area contributed by atoms with Crippen LogP contribution in [0.2, 0.25) is 0 Å². The van der Waals surface area contributed by atoms with Crippen LogP contribution in [0.1, 0.15) is 33.6 Å². The molecule has 0 saturated carbocycles. The van der Waals surface area contributed by atoms with Crippen LogP contribution in [0.4, 0.5) is 0 Å². The summed E-state index contributed by atoms with van der Waals surface area (Å²) >= 11 is 0. The second-order valence-electron chi connectivity index (χ2n) is 3.95.